The summed E-state index contributed by atoms with van der Waals surface area (Å²) in [5, 5.41) is 25.0. The number of hydroxylamine groups is 2. The van der Waals surface area contributed by atoms with Crippen LogP contribution in [0.25, 0.3) is 0 Å². The first-order chi connectivity index (χ1) is 47.8. The maximum Gasteiger partial charge on any atom is 0.407 e. The topological polar surface area (TPSA) is 365 Å². The fraction of sp³-hybridized carbons (Fsp3) is 0.736. The van der Waals surface area contributed by atoms with Gasteiger partial charge in [0.15, 0.2) is 5.79 Å². The lowest BCUT2D eigenvalue weighted by Crippen LogP contribution is -2.62. The summed E-state index contributed by atoms with van der Waals surface area (Å²) < 4.78 is 64.3. The lowest BCUT2D eigenvalue weighted by Gasteiger charge is -2.50. The Hall–Kier alpha value is -6.47. The molecule has 100 heavy (non-hydrogen) atoms. The zero-order chi connectivity index (χ0) is 71.9. The molecule has 20 atom stereocenters. The Kier molecular flexibility index (Phi) is 28.0. The number of nitrogens with two attached hydrogens (primary N) is 1. The van der Waals surface area contributed by atoms with Crippen molar-refractivity contribution in [2.75, 3.05) is 39.2 Å². The van der Waals surface area contributed by atoms with E-state index in [4.69, 9.17) is 57.9 Å². The number of amides is 8. The first-order valence-electron chi connectivity index (χ1n) is 36.0. The molecular formula is C72H107N7O21. The van der Waals surface area contributed by atoms with Crippen molar-refractivity contribution in [1.29, 1.82) is 0 Å². The SMILES string of the molecule is C=C1CO[C@@H](CC[C@@H]2O[C@@H](CC[C@]34C[C@@H](OC)[C@H](O3)C3O[C@H]5CC[C@H](CC(=O)C[C@@H]6[C@@H](OC)[C@@H](C[C@H](O)CNC(=O)OCc7ccc(NC(=O)[C@H](CCCNC(N)=O)NC(=O)[C@@H](NC(=O)CCCCCC(=O)ON8C(=O)CCC8=O)C(C)C)cc7)O[C@H]6C)O[C@@H]5[C@H](O4)[C@@H]3C)CC2=C)C[C@H]1C. The number of benzene rings is 1. The number of unbranched alkanes of at least 4 members (excludes halogenated alkanes) is 2. The Labute approximate surface area is 585 Å². The number of rotatable bonds is 35. The zero-order valence-corrected chi connectivity index (χ0v) is 59.1. The molecule has 1 aromatic carbocycles. The van der Waals surface area contributed by atoms with Gasteiger partial charge in [-0.15, -0.1) is 5.06 Å². The van der Waals surface area contributed by atoms with Crippen LogP contribution < -0.4 is 32.3 Å². The van der Waals surface area contributed by atoms with Gasteiger partial charge in [0.1, 0.15) is 36.7 Å². The van der Waals surface area contributed by atoms with Crippen molar-refractivity contribution in [2.24, 2.45) is 29.4 Å². The van der Waals surface area contributed by atoms with E-state index in [1.165, 1.54) is 0 Å². The number of aliphatic hydroxyl groups is 1. The molecule has 0 saturated carbocycles. The fourth-order valence-corrected chi connectivity index (χ4v) is 15.3. The molecule has 8 N–H and O–H groups in total. The molecule has 0 radical (unpaired) electrons. The average Bonchev–Trinajstić information content (AvgIpc) is 1.54. The van der Waals surface area contributed by atoms with E-state index in [0.717, 1.165) is 43.3 Å². The number of aliphatic hydroxyl groups excluding tert-OH is 1. The second-order valence-corrected chi connectivity index (χ2v) is 28.9. The Morgan fingerprint density at radius 1 is 0.780 bits per heavy atom. The van der Waals surface area contributed by atoms with Gasteiger partial charge >= 0.3 is 18.1 Å². The van der Waals surface area contributed by atoms with Crippen LogP contribution in [-0.4, -0.2) is 201 Å². The Balaban J connectivity index is 0.683. The van der Waals surface area contributed by atoms with Crippen LogP contribution in [0.3, 0.4) is 0 Å². The van der Waals surface area contributed by atoms with E-state index >= 15 is 0 Å². The van der Waals surface area contributed by atoms with E-state index in [9.17, 15) is 48.3 Å². The monoisotopic (exact) mass is 1410 g/mol. The Morgan fingerprint density at radius 2 is 1.52 bits per heavy atom. The van der Waals surface area contributed by atoms with Crippen LogP contribution in [0.5, 0.6) is 0 Å². The van der Waals surface area contributed by atoms with Gasteiger partial charge in [-0.25, -0.2) is 14.4 Å². The number of carbonyl (C=O) groups is 9. The summed E-state index contributed by atoms with van der Waals surface area (Å²) in [6, 6.07) is 3.55. The van der Waals surface area contributed by atoms with Crippen molar-refractivity contribution in [3.05, 3.63) is 54.1 Å². The highest BCUT2D eigenvalue weighted by atomic mass is 16.7. The molecule has 8 saturated heterocycles. The van der Waals surface area contributed by atoms with Crippen LogP contribution in [0.1, 0.15) is 175 Å². The molecule has 8 amide bonds. The molecule has 0 aromatic heterocycles. The number of hydrogen-bond donors (Lipinski definition) is 7. The predicted molar refractivity (Wildman–Crippen MR) is 360 cm³/mol. The number of methoxy groups -OCH3 is 2. The quantitative estimate of drug-likeness (QED) is 0.0229. The molecule has 28 nitrogen and oxygen atoms in total. The standard InChI is InChI=1S/C72H107N7O21/c1-39(2)62(78-58(82)15-11-10-12-16-61(85)100-79-59(83)25-26-60(79)84)69(87)77-53(14-13-29-74-70(73)88)68(86)76-46-19-17-45(18-20-46)38-93-71(89)75-36-48(81)34-56-65(91-9)52(44(7)94-56)33-47(80)32-50-22-24-55-66(96-50)64-43(6)63(97-55)67-57(90-8)35-72(98-64,99-67)28-27-51-31-41(4)54(95-51)23-21-49-30-40(3)42(5)37-92-49/h17-20,39-40,43-44,48-57,62-67,81H,4-5,10-16,21-38H2,1-3,6-9H3,(H,75,89)(H,76,86)(H,77,87)(H,78,82)(H3,73,74,88)/t40-,43-,44+,48+,49+,50-,51+,52+,53+,54+,55+,56-,57-,62+,63?,64-,65-,66+,67+,72-/m1/s1. The number of ether oxygens (including phenoxy) is 10. The minimum atomic E-state index is -1.11. The number of fused-ring (bicyclic) bond motifs is 7. The van der Waals surface area contributed by atoms with E-state index in [-0.39, 0.29) is 162 Å². The molecule has 0 aliphatic carbocycles. The second-order valence-electron chi connectivity index (χ2n) is 28.9. The highest BCUT2D eigenvalue weighted by molar-refractivity contribution is 6.01. The van der Waals surface area contributed by atoms with Crippen LogP contribution in [0.4, 0.5) is 15.3 Å². The predicted octanol–water partition coefficient (Wildman–Crippen LogP) is 6.11. The molecule has 556 valence electrons. The van der Waals surface area contributed by atoms with Gasteiger partial charge in [0.05, 0.1) is 79.9 Å². The van der Waals surface area contributed by atoms with Gasteiger partial charge < -0.3 is 89.6 Å². The Bertz CT molecular complexity index is 3030. The van der Waals surface area contributed by atoms with Gasteiger partial charge in [0.25, 0.3) is 11.8 Å². The molecular weight excluding hydrogens is 1300 g/mol. The molecule has 0 spiro atoms. The normalized spacial score (nSPS) is 31.8. The first-order valence-corrected chi connectivity index (χ1v) is 36.0. The van der Waals surface area contributed by atoms with Gasteiger partial charge in [0, 0.05) is 103 Å². The number of ketones is 1. The largest absolute Gasteiger partial charge is 0.445 e. The minimum absolute atomic E-state index is 0.00676. The number of nitrogens with zero attached hydrogens (tertiary/aromatic N) is 1. The van der Waals surface area contributed by atoms with Gasteiger partial charge in [0.2, 0.25) is 17.7 Å². The molecule has 4 bridgehead atoms. The van der Waals surface area contributed by atoms with Crippen molar-refractivity contribution in [2.45, 2.75) is 279 Å². The molecule has 1 unspecified atom stereocenters. The van der Waals surface area contributed by atoms with Crippen LogP contribution in [0.15, 0.2) is 48.6 Å². The van der Waals surface area contributed by atoms with E-state index in [0.29, 0.717) is 73.8 Å². The number of alkyl carbamates (subject to hydrolysis) is 1. The van der Waals surface area contributed by atoms with Crippen molar-refractivity contribution in [3.8, 4) is 0 Å². The second kappa shape index (κ2) is 36.1. The third-order valence-corrected chi connectivity index (χ3v) is 21.0. The smallest absolute Gasteiger partial charge is 0.407 e. The summed E-state index contributed by atoms with van der Waals surface area (Å²) >= 11 is 0. The maximum absolute atomic E-state index is 14.1. The van der Waals surface area contributed by atoms with Gasteiger partial charge in [-0.05, 0) is 118 Å². The highest BCUT2D eigenvalue weighted by Gasteiger charge is 2.62. The summed E-state index contributed by atoms with van der Waals surface area (Å²) in [7, 11) is 3.27. The van der Waals surface area contributed by atoms with Gasteiger partial charge in [-0.1, -0.05) is 59.4 Å². The van der Waals surface area contributed by atoms with Crippen LogP contribution >= 0.6 is 0 Å². The number of urea groups is 1. The molecule has 9 rings (SSSR count). The fourth-order valence-electron chi connectivity index (χ4n) is 15.3. The number of nitrogens with one attached hydrogen (secondary N) is 5. The van der Waals surface area contributed by atoms with Crippen LogP contribution in [0.2, 0.25) is 0 Å². The minimum Gasteiger partial charge on any atom is -0.445 e. The van der Waals surface area contributed by atoms with Crippen molar-refractivity contribution < 1.29 is 100 Å². The third-order valence-electron chi connectivity index (χ3n) is 21.0. The number of primary amides is 1. The summed E-state index contributed by atoms with van der Waals surface area (Å²) in [6.45, 7) is 18.7. The Morgan fingerprint density at radius 3 is 2.23 bits per heavy atom. The molecule has 1 aromatic rings. The molecule has 8 aliphatic heterocycles. The van der Waals surface area contributed by atoms with Crippen molar-refractivity contribution in [3.63, 3.8) is 0 Å². The van der Waals surface area contributed by atoms with E-state index < -0.39 is 89.9 Å². The van der Waals surface area contributed by atoms with Crippen molar-refractivity contribution >= 4 is 59.1 Å². The molecule has 8 heterocycles. The van der Waals surface area contributed by atoms with Crippen LogP contribution in [-0.2, 0) is 92.4 Å². The van der Waals surface area contributed by atoms with Crippen LogP contribution in [0, 0.1) is 23.7 Å². The molecule has 8 aliphatic rings. The summed E-state index contributed by atoms with van der Waals surface area (Å²) in [5.41, 5.74) is 8.42. The number of carbonyl (C=O) groups excluding carboxylic acids is 9. The lowest BCUT2D eigenvalue weighted by molar-refractivity contribution is -0.290. The maximum atomic E-state index is 14.1. The average molecular weight is 1410 g/mol. The molecule has 8 fully saturated rings. The van der Waals surface area contributed by atoms with Gasteiger partial charge in [-0.3, -0.25) is 28.8 Å². The van der Waals surface area contributed by atoms with E-state index in [1.54, 1.807) is 52.3 Å². The third kappa shape index (κ3) is 20.9. The van der Waals surface area contributed by atoms with Gasteiger partial charge in [-0.2, -0.15) is 0 Å². The first kappa shape index (κ1) is 77.7. The highest BCUT2D eigenvalue weighted by Crippen LogP contribution is 2.51. The lowest BCUT2D eigenvalue weighted by atomic mass is 9.80. The number of hydrogen-bond acceptors (Lipinski definition) is 21. The number of imide groups is 1. The van der Waals surface area contributed by atoms with E-state index in [2.05, 4.69) is 53.6 Å². The molecule has 28 heteroatoms. The summed E-state index contributed by atoms with van der Waals surface area (Å²) in [5.74, 6) is -4.75. The van der Waals surface area contributed by atoms with Crippen molar-refractivity contribution in [1.82, 2.24) is 26.3 Å². The number of Topliss-reactive ketones (excluding diaryl/α,β-unsaturated/α-hetero) is 1. The summed E-state index contributed by atoms with van der Waals surface area (Å²) in [6.07, 6.45) is 3.36. The van der Waals surface area contributed by atoms with E-state index in [1.807, 2.05) is 6.92 Å². The summed E-state index contributed by atoms with van der Waals surface area (Å²) in [4.78, 5) is 119. The number of anilines is 1. The zero-order valence-electron chi connectivity index (χ0n) is 59.1.